The smallest absolute Gasteiger partial charge is 0.154 e. The summed E-state index contributed by atoms with van der Waals surface area (Å²) in [5, 5.41) is 4.05. The fourth-order valence-electron chi connectivity index (χ4n) is 1.11. The van der Waals surface area contributed by atoms with Crippen LogP contribution in [0.25, 0.3) is 5.65 Å². The van der Waals surface area contributed by atoms with E-state index in [1.165, 1.54) is 0 Å². The average Bonchev–Trinajstić information content (AvgIpc) is 2.63. The number of rotatable bonds is 2. The van der Waals surface area contributed by atoms with E-state index in [1.807, 2.05) is 19.2 Å². The largest absolute Gasteiger partial charge is 0.297 e. The summed E-state index contributed by atoms with van der Waals surface area (Å²) in [6.07, 6.45) is 5.11. The van der Waals surface area contributed by atoms with E-state index in [0.29, 0.717) is 0 Å². The van der Waals surface area contributed by atoms with E-state index in [-0.39, 0.29) is 6.10 Å². The molecule has 5 nitrogen and oxygen atoms in total. The molecule has 2 aromatic rings. The van der Waals surface area contributed by atoms with E-state index < -0.39 is 0 Å². The van der Waals surface area contributed by atoms with Gasteiger partial charge < -0.3 is 0 Å². The van der Waals surface area contributed by atoms with Gasteiger partial charge in [0.25, 0.3) is 0 Å². The van der Waals surface area contributed by atoms with Crippen LogP contribution < -0.4 is 5.90 Å². The lowest BCUT2D eigenvalue weighted by molar-refractivity contribution is 0.0658. The van der Waals surface area contributed by atoms with Gasteiger partial charge in [-0.15, -0.1) is 0 Å². The lowest BCUT2D eigenvalue weighted by Crippen LogP contribution is -2.07. The van der Waals surface area contributed by atoms with Gasteiger partial charge in [0, 0.05) is 24.0 Å². The third-order valence-corrected chi connectivity index (χ3v) is 1.94. The highest BCUT2D eigenvalue weighted by molar-refractivity contribution is 5.36. The second-order valence-electron chi connectivity index (χ2n) is 2.80. The van der Waals surface area contributed by atoms with E-state index in [4.69, 9.17) is 5.90 Å². The van der Waals surface area contributed by atoms with Gasteiger partial charge in [-0.1, -0.05) is 0 Å². The first-order chi connectivity index (χ1) is 6.31. The van der Waals surface area contributed by atoms with E-state index in [9.17, 15) is 0 Å². The van der Waals surface area contributed by atoms with Crippen LogP contribution >= 0.6 is 0 Å². The van der Waals surface area contributed by atoms with Crippen molar-refractivity contribution in [3.05, 3.63) is 30.2 Å². The lowest BCUT2D eigenvalue weighted by atomic mass is 10.2. The summed E-state index contributed by atoms with van der Waals surface area (Å²) in [6.45, 7) is 1.85. The molecule has 2 rings (SSSR count). The van der Waals surface area contributed by atoms with Crippen LogP contribution in [0.2, 0.25) is 0 Å². The molecule has 0 saturated carbocycles. The predicted molar refractivity (Wildman–Crippen MR) is 46.7 cm³/mol. The van der Waals surface area contributed by atoms with Gasteiger partial charge in [0.2, 0.25) is 0 Å². The van der Waals surface area contributed by atoms with Crippen molar-refractivity contribution in [2.45, 2.75) is 13.0 Å². The normalized spacial score (nSPS) is 13.4. The van der Waals surface area contributed by atoms with E-state index in [2.05, 4.69) is 14.9 Å². The van der Waals surface area contributed by atoms with Gasteiger partial charge in [0.1, 0.15) is 6.10 Å². The van der Waals surface area contributed by atoms with Crippen molar-refractivity contribution < 1.29 is 4.84 Å². The molecule has 0 saturated heterocycles. The van der Waals surface area contributed by atoms with E-state index in [1.54, 1.807) is 16.9 Å². The second kappa shape index (κ2) is 3.12. The summed E-state index contributed by atoms with van der Waals surface area (Å²) >= 11 is 0. The van der Waals surface area contributed by atoms with Gasteiger partial charge in [-0.3, -0.25) is 4.84 Å². The van der Waals surface area contributed by atoms with Gasteiger partial charge in [0.15, 0.2) is 5.65 Å². The molecule has 0 fully saturated rings. The first-order valence-corrected chi connectivity index (χ1v) is 3.96. The Morgan fingerprint density at radius 3 is 3.23 bits per heavy atom. The van der Waals surface area contributed by atoms with Crippen molar-refractivity contribution in [1.29, 1.82) is 0 Å². The third-order valence-electron chi connectivity index (χ3n) is 1.94. The van der Waals surface area contributed by atoms with Crippen molar-refractivity contribution in [1.82, 2.24) is 14.6 Å². The molecule has 0 aliphatic rings. The zero-order valence-corrected chi connectivity index (χ0v) is 7.21. The molecular weight excluding hydrogens is 168 g/mol. The summed E-state index contributed by atoms with van der Waals surface area (Å²) in [6, 6.07) is 1.83. The van der Waals surface area contributed by atoms with Gasteiger partial charge in [-0.05, 0) is 6.92 Å². The van der Waals surface area contributed by atoms with Crippen molar-refractivity contribution >= 4 is 5.65 Å². The quantitative estimate of drug-likeness (QED) is 0.687. The molecule has 5 heteroatoms. The number of nitrogens with two attached hydrogens (primary N) is 1. The Morgan fingerprint density at radius 1 is 1.62 bits per heavy atom. The summed E-state index contributed by atoms with van der Waals surface area (Å²) in [4.78, 5) is 8.86. The molecule has 68 valence electrons. The molecule has 2 heterocycles. The van der Waals surface area contributed by atoms with Crippen molar-refractivity contribution in [2.24, 2.45) is 5.90 Å². The predicted octanol–water partition coefficient (Wildman–Crippen LogP) is 0.681. The fourth-order valence-corrected chi connectivity index (χ4v) is 1.11. The average molecular weight is 178 g/mol. The molecular formula is C8H10N4O. The number of nitrogens with zero attached hydrogens (tertiary/aromatic N) is 3. The minimum atomic E-state index is -0.166. The van der Waals surface area contributed by atoms with Crippen molar-refractivity contribution in [3.63, 3.8) is 0 Å². The molecule has 2 aromatic heterocycles. The Bertz CT molecular complexity index is 411. The Kier molecular flexibility index (Phi) is 1.96. The number of hydrogen-bond acceptors (Lipinski definition) is 4. The molecule has 0 spiro atoms. The standard InChI is InChI=1S/C8H10N4O/c1-6(13-9)7-4-10-8-2-3-11-12(8)5-7/h2-6H,9H2,1H3. The topological polar surface area (TPSA) is 65.4 Å². The number of hydrogen-bond donors (Lipinski definition) is 1. The maximum Gasteiger partial charge on any atom is 0.154 e. The van der Waals surface area contributed by atoms with Crippen LogP contribution in [0.3, 0.4) is 0 Å². The Hall–Kier alpha value is -1.46. The highest BCUT2D eigenvalue weighted by atomic mass is 16.6. The van der Waals surface area contributed by atoms with Crippen LogP contribution in [0.4, 0.5) is 0 Å². The highest BCUT2D eigenvalue weighted by Crippen LogP contribution is 2.13. The minimum absolute atomic E-state index is 0.166. The molecule has 1 unspecified atom stereocenters. The van der Waals surface area contributed by atoms with Crippen LogP contribution in [0.15, 0.2) is 24.7 Å². The van der Waals surface area contributed by atoms with E-state index in [0.717, 1.165) is 11.2 Å². The molecule has 0 radical (unpaired) electrons. The SMILES string of the molecule is CC(ON)c1cnc2ccnn2c1. The molecule has 0 bridgehead atoms. The van der Waals surface area contributed by atoms with Crippen LogP contribution in [-0.2, 0) is 4.84 Å². The summed E-state index contributed by atoms with van der Waals surface area (Å²) in [7, 11) is 0. The molecule has 1 atom stereocenters. The number of aromatic nitrogens is 3. The van der Waals surface area contributed by atoms with E-state index >= 15 is 0 Å². The van der Waals surface area contributed by atoms with Crippen molar-refractivity contribution in [3.8, 4) is 0 Å². The van der Waals surface area contributed by atoms with Gasteiger partial charge in [-0.2, -0.15) is 5.10 Å². The third kappa shape index (κ3) is 1.39. The fraction of sp³-hybridized carbons (Fsp3) is 0.250. The van der Waals surface area contributed by atoms with Gasteiger partial charge in [0.05, 0.1) is 6.20 Å². The maximum absolute atomic E-state index is 5.07. The lowest BCUT2D eigenvalue weighted by Gasteiger charge is -2.07. The van der Waals surface area contributed by atoms with Crippen LogP contribution in [-0.4, -0.2) is 14.6 Å². The summed E-state index contributed by atoms with van der Waals surface area (Å²) in [5.41, 5.74) is 1.71. The van der Waals surface area contributed by atoms with Crippen LogP contribution in [0.5, 0.6) is 0 Å². The Labute approximate surface area is 75.1 Å². The minimum Gasteiger partial charge on any atom is -0.297 e. The van der Waals surface area contributed by atoms with Gasteiger partial charge >= 0.3 is 0 Å². The molecule has 0 aromatic carbocycles. The van der Waals surface area contributed by atoms with Crippen LogP contribution in [0.1, 0.15) is 18.6 Å². The summed E-state index contributed by atoms with van der Waals surface area (Å²) < 4.78 is 1.69. The second-order valence-corrected chi connectivity index (χ2v) is 2.80. The molecule has 0 amide bonds. The molecule has 0 aliphatic carbocycles. The highest BCUT2D eigenvalue weighted by Gasteiger charge is 2.05. The molecule has 2 N–H and O–H groups in total. The Morgan fingerprint density at radius 2 is 2.46 bits per heavy atom. The monoisotopic (exact) mass is 178 g/mol. The molecule has 0 aliphatic heterocycles. The summed E-state index contributed by atoms with van der Waals surface area (Å²) in [5.74, 6) is 5.07. The van der Waals surface area contributed by atoms with Crippen molar-refractivity contribution in [2.75, 3.05) is 0 Å². The number of fused-ring (bicyclic) bond motifs is 1. The first kappa shape index (κ1) is 8.15. The molecule has 13 heavy (non-hydrogen) atoms. The zero-order chi connectivity index (χ0) is 9.26. The van der Waals surface area contributed by atoms with Crippen LogP contribution in [0, 0.1) is 0 Å². The van der Waals surface area contributed by atoms with Gasteiger partial charge in [-0.25, -0.2) is 15.4 Å². The zero-order valence-electron chi connectivity index (χ0n) is 7.21. The first-order valence-electron chi connectivity index (χ1n) is 3.96. The maximum atomic E-state index is 5.07. The Balaban J connectivity index is 2.48.